The van der Waals surface area contributed by atoms with Gasteiger partial charge >= 0.3 is 0 Å². The Balaban J connectivity index is 1.93. The zero-order chi connectivity index (χ0) is 16.7. The van der Waals surface area contributed by atoms with Crippen LogP contribution in [-0.4, -0.2) is 32.7 Å². The molecule has 7 nitrogen and oxygen atoms in total. The molecule has 0 amide bonds. The Kier molecular flexibility index (Phi) is 3.41. The van der Waals surface area contributed by atoms with Crippen molar-refractivity contribution in [1.82, 2.24) is 19.5 Å². The molecule has 3 aromatic heterocycles. The van der Waals surface area contributed by atoms with E-state index >= 15 is 0 Å². The average Bonchev–Trinajstić information content (AvgIpc) is 3.42. The monoisotopic (exact) mass is 323 g/mol. The van der Waals surface area contributed by atoms with Crippen molar-refractivity contribution in [2.75, 3.05) is 12.4 Å². The highest BCUT2D eigenvalue weighted by Crippen LogP contribution is 2.30. The molecule has 3 heterocycles. The van der Waals surface area contributed by atoms with Crippen LogP contribution in [0.15, 0.2) is 35.5 Å². The number of fused-ring (bicyclic) bond motifs is 1. The molecule has 0 atom stereocenters. The predicted octanol–water partition coefficient (Wildman–Crippen LogP) is 1.97. The second-order valence-corrected chi connectivity index (χ2v) is 5.92. The maximum absolute atomic E-state index is 12.5. The lowest BCUT2D eigenvalue weighted by Gasteiger charge is -2.11. The fourth-order valence-corrected chi connectivity index (χ4v) is 2.58. The minimum absolute atomic E-state index is 0.102. The fraction of sp³-hybridized carbons (Fsp3) is 0.294. The highest BCUT2D eigenvalue weighted by molar-refractivity contribution is 5.91. The van der Waals surface area contributed by atoms with Crippen LogP contribution >= 0.6 is 0 Å². The third-order valence-electron chi connectivity index (χ3n) is 4.06. The Morgan fingerprint density at radius 1 is 1.29 bits per heavy atom. The molecule has 0 spiro atoms. The first-order valence-corrected chi connectivity index (χ1v) is 7.79. The Morgan fingerprint density at radius 2 is 2.12 bits per heavy atom. The summed E-state index contributed by atoms with van der Waals surface area (Å²) in [7, 11) is 3.27. The molecule has 0 aliphatic heterocycles. The molecule has 1 aliphatic rings. The molecule has 1 N–H and O–H groups in total. The lowest BCUT2D eigenvalue weighted by molar-refractivity contribution is 0.398. The molecule has 0 unspecified atom stereocenters. The van der Waals surface area contributed by atoms with Crippen LogP contribution in [-0.2, 0) is 7.05 Å². The van der Waals surface area contributed by atoms with Crippen molar-refractivity contribution in [3.63, 3.8) is 0 Å². The van der Waals surface area contributed by atoms with Gasteiger partial charge in [0.25, 0.3) is 5.56 Å². The summed E-state index contributed by atoms with van der Waals surface area (Å²) in [6, 6.07) is 5.88. The van der Waals surface area contributed by atoms with Gasteiger partial charge in [-0.05, 0) is 25.0 Å². The molecule has 0 saturated heterocycles. The first-order chi connectivity index (χ1) is 11.7. The van der Waals surface area contributed by atoms with Crippen LogP contribution < -0.4 is 15.6 Å². The molecular formula is C17H17N5O2. The Labute approximate surface area is 138 Å². The number of aryl methyl sites for hydroxylation is 1. The molecule has 7 heteroatoms. The number of nitrogens with zero attached hydrogens (tertiary/aromatic N) is 4. The number of anilines is 1. The molecule has 0 aromatic carbocycles. The summed E-state index contributed by atoms with van der Waals surface area (Å²) in [4.78, 5) is 25.7. The van der Waals surface area contributed by atoms with Crippen molar-refractivity contribution in [2.45, 2.75) is 18.9 Å². The average molecular weight is 323 g/mol. The van der Waals surface area contributed by atoms with Crippen molar-refractivity contribution in [3.8, 4) is 17.1 Å². The van der Waals surface area contributed by atoms with E-state index in [0.29, 0.717) is 28.6 Å². The minimum Gasteiger partial charge on any atom is -0.481 e. The summed E-state index contributed by atoms with van der Waals surface area (Å²) in [6.45, 7) is 0. The van der Waals surface area contributed by atoms with Crippen LogP contribution in [0, 0.1) is 0 Å². The molecule has 0 bridgehead atoms. The van der Waals surface area contributed by atoms with Crippen molar-refractivity contribution < 1.29 is 4.74 Å². The summed E-state index contributed by atoms with van der Waals surface area (Å²) < 4.78 is 6.65. The third-order valence-corrected chi connectivity index (χ3v) is 4.06. The van der Waals surface area contributed by atoms with Gasteiger partial charge in [-0.25, -0.2) is 15.0 Å². The summed E-state index contributed by atoms with van der Waals surface area (Å²) in [5.74, 6) is 1.11. The number of methoxy groups -OCH3 is 1. The number of nitrogens with one attached hydrogen (secondary N) is 1. The van der Waals surface area contributed by atoms with E-state index in [0.717, 1.165) is 24.1 Å². The summed E-state index contributed by atoms with van der Waals surface area (Å²) >= 11 is 0. The number of rotatable bonds is 4. The molecule has 1 saturated carbocycles. The number of aromatic nitrogens is 4. The van der Waals surface area contributed by atoms with Crippen LogP contribution in [0.2, 0.25) is 0 Å². The van der Waals surface area contributed by atoms with Gasteiger partial charge < -0.3 is 14.6 Å². The van der Waals surface area contributed by atoms with E-state index in [2.05, 4.69) is 20.3 Å². The molecule has 0 radical (unpaired) electrons. The van der Waals surface area contributed by atoms with Gasteiger partial charge in [0.1, 0.15) is 11.2 Å². The highest BCUT2D eigenvalue weighted by Gasteiger charge is 2.24. The Morgan fingerprint density at radius 3 is 2.88 bits per heavy atom. The zero-order valence-electron chi connectivity index (χ0n) is 13.5. The maximum atomic E-state index is 12.5. The van der Waals surface area contributed by atoms with Gasteiger partial charge in [0.05, 0.1) is 24.6 Å². The zero-order valence-corrected chi connectivity index (χ0v) is 13.5. The molecule has 122 valence electrons. The van der Waals surface area contributed by atoms with Crippen molar-refractivity contribution in [2.24, 2.45) is 7.05 Å². The fourth-order valence-electron chi connectivity index (χ4n) is 2.58. The van der Waals surface area contributed by atoms with Gasteiger partial charge in [0.15, 0.2) is 0 Å². The molecule has 3 aromatic rings. The number of ether oxygens (including phenoxy) is 1. The molecule has 1 aliphatic carbocycles. The second-order valence-electron chi connectivity index (χ2n) is 5.92. The van der Waals surface area contributed by atoms with Crippen LogP contribution in [0.3, 0.4) is 0 Å². The SMILES string of the molecule is COc1cc(-c2cc3ncn(C)c(=O)c3c(NC3CC3)n2)ccn1. The van der Waals surface area contributed by atoms with E-state index in [1.807, 2.05) is 18.2 Å². The lowest BCUT2D eigenvalue weighted by atomic mass is 10.1. The highest BCUT2D eigenvalue weighted by atomic mass is 16.5. The Bertz CT molecular complexity index is 978. The molecule has 4 rings (SSSR count). The van der Waals surface area contributed by atoms with Crippen LogP contribution in [0.1, 0.15) is 12.8 Å². The van der Waals surface area contributed by atoms with Crippen molar-refractivity contribution >= 4 is 16.7 Å². The topological polar surface area (TPSA) is 81.9 Å². The Hall–Kier alpha value is -2.96. The maximum Gasteiger partial charge on any atom is 0.264 e. The first kappa shape index (κ1) is 14.6. The minimum atomic E-state index is -0.102. The first-order valence-electron chi connectivity index (χ1n) is 7.79. The van der Waals surface area contributed by atoms with Gasteiger partial charge in [0.2, 0.25) is 5.88 Å². The largest absolute Gasteiger partial charge is 0.481 e. The number of hydrogen-bond donors (Lipinski definition) is 1. The van der Waals surface area contributed by atoms with E-state index in [9.17, 15) is 4.79 Å². The van der Waals surface area contributed by atoms with Crippen LogP contribution in [0.4, 0.5) is 5.82 Å². The van der Waals surface area contributed by atoms with E-state index in [1.165, 1.54) is 10.9 Å². The van der Waals surface area contributed by atoms with Gasteiger partial charge in [-0.3, -0.25) is 4.79 Å². The predicted molar refractivity (Wildman–Crippen MR) is 91.2 cm³/mol. The molecule has 1 fully saturated rings. The standard InChI is InChI=1S/C17H17N5O2/c1-22-9-19-13-8-12(10-5-6-18-14(7-10)24-2)21-16(15(13)17(22)23)20-11-3-4-11/h5-9,11H,3-4H2,1-2H3,(H,20,21). The van der Waals surface area contributed by atoms with Gasteiger partial charge in [0, 0.05) is 30.9 Å². The smallest absolute Gasteiger partial charge is 0.264 e. The third kappa shape index (κ3) is 2.58. The second kappa shape index (κ2) is 5.59. The normalized spacial score (nSPS) is 13.9. The summed E-state index contributed by atoms with van der Waals surface area (Å²) in [6.07, 6.45) is 5.39. The summed E-state index contributed by atoms with van der Waals surface area (Å²) in [5, 5.41) is 3.88. The summed E-state index contributed by atoms with van der Waals surface area (Å²) in [5.41, 5.74) is 2.12. The van der Waals surface area contributed by atoms with E-state index in [-0.39, 0.29) is 5.56 Å². The lowest BCUT2D eigenvalue weighted by Crippen LogP contribution is -2.19. The van der Waals surface area contributed by atoms with Gasteiger partial charge in [-0.1, -0.05) is 0 Å². The van der Waals surface area contributed by atoms with Gasteiger partial charge in [-0.15, -0.1) is 0 Å². The molecular weight excluding hydrogens is 306 g/mol. The van der Waals surface area contributed by atoms with E-state index < -0.39 is 0 Å². The number of hydrogen-bond acceptors (Lipinski definition) is 6. The van der Waals surface area contributed by atoms with E-state index in [1.54, 1.807) is 20.4 Å². The number of pyridine rings is 2. The van der Waals surface area contributed by atoms with Crippen LogP contribution in [0.25, 0.3) is 22.2 Å². The quantitative estimate of drug-likeness (QED) is 0.790. The molecule has 24 heavy (non-hydrogen) atoms. The van der Waals surface area contributed by atoms with Crippen molar-refractivity contribution in [3.05, 3.63) is 41.1 Å². The van der Waals surface area contributed by atoms with E-state index in [4.69, 9.17) is 4.74 Å². The van der Waals surface area contributed by atoms with Gasteiger partial charge in [-0.2, -0.15) is 0 Å². The van der Waals surface area contributed by atoms with Crippen molar-refractivity contribution in [1.29, 1.82) is 0 Å². The van der Waals surface area contributed by atoms with Crippen LogP contribution in [0.5, 0.6) is 5.88 Å².